The van der Waals surface area contributed by atoms with Gasteiger partial charge in [0.2, 0.25) is 0 Å². The van der Waals surface area contributed by atoms with Crippen molar-refractivity contribution < 1.29 is 38.1 Å². The van der Waals surface area contributed by atoms with Gasteiger partial charge in [0.1, 0.15) is 24.4 Å². The molecule has 0 radical (unpaired) electrons. The fourth-order valence-electron chi connectivity index (χ4n) is 12.7. The summed E-state index contributed by atoms with van der Waals surface area (Å²) in [5, 5.41) is 16.1. The molecular formula is C58H92N4O8. The van der Waals surface area contributed by atoms with Crippen molar-refractivity contribution in [1.29, 1.82) is 0 Å². The summed E-state index contributed by atoms with van der Waals surface area (Å²) in [4.78, 5) is 59.3. The number of rotatable bonds is 12. The highest BCUT2D eigenvalue weighted by molar-refractivity contribution is 6.11. The largest absolute Gasteiger partial charge is 0.459 e. The second kappa shape index (κ2) is 19.4. The van der Waals surface area contributed by atoms with Gasteiger partial charge in [-0.3, -0.25) is 0 Å². The van der Waals surface area contributed by atoms with Gasteiger partial charge in [0.15, 0.2) is 0 Å². The minimum atomic E-state index is -0.653. The minimum Gasteiger partial charge on any atom is -0.459 e. The molecule has 4 aliphatic heterocycles. The number of carbonyl (C=O) groups excluding carboxylic acids is 4. The third-order valence-corrected chi connectivity index (χ3v) is 17.2. The van der Waals surface area contributed by atoms with Crippen LogP contribution in [0.4, 0.5) is 0 Å². The molecule has 12 nitrogen and oxygen atoms in total. The zero-order valence-corrected chi connectivity index (χ0v) is 46.9. The summed E-state index contributed by atoms with van der Waals surface area (Å²) < 4.78 is 25.8. The first-order valence-corrected chi connectivity index (χ1v) is 26.5. The van der Waals surface area contributed by atoms with Crippen LogP contribution in [0, 0.1) is 23.7 Å². The van der Waals surface area contributed by atoms with E-state index in [9.17, 15) is 19.2 Å². The lowest BCUT2D eigenvalue weighted by Crippen LogP contribution is -2.63. The van der Waals surface area contributed by atoms with Gasteiger partial charge in [-0.15, -0.1) is 0 Å². The number of esters is 4. The van der Waals surface area contributed by atoms with E-state index in [1.807, 2.05) is 0 Å². The van der Waals surface area contributed by atoms with Crippen molar-refractivity contribution in [3.05, 3.63) is 46.5 Å². The molecule has 0 aromatic heterocycles. The van der Waals surface area contributed by atoms with Crippen LogP contribution in [0.2, 0.25) is 0 Å². The van der Waals surface area contributed by atoms with Crippen LogP contribution in [0.1, 0.15) is 231 Å². The average molecular weight is 973 g/mol. The number of benzene rings is 2. The number of piperidine rings is 4. The standard InChI is InChI=1S/C58H92N4O8/c1-33(2)55(17)29-39(25-51(9,10)59-55)67-47(63)43-21-37-23-45(49(65)69-41-27-53(13,14)61-57(19,31-41)35(5)6)46(50(66)70-42-28-54(15,16)62-58(20,32-42)36(7)8)24-38(37)22-44(43)48(64)68-40-26-52(11,12)60-56(18,30-40)34(3)4/h21-24,33-36,39-42,59-62H,25-32H2,1-20H3. The predicted molar refractivity (Wildman–Crippen MR) is 280 cm³/mol. The van der Waals surface area contributed by atoms with Gasteiger partial charge < -0.3 is 40.2 Å². The maximum Gasteiger partial charge on any atom is 0.339 e. The van der Waals surface area contributed by atoms with Crippen LogP contribution in [0.25, 0.3) is 10.8 Å². The Morgan fingerprint density at radius 2 is 0.529 bits per heavy atom. The van der Waals surface area contributed by atoms with Gasteiger partial charge in [-0.25, -0.2) is 19.2 Å². The number of hydrogen-bond donors (Lipinski definition) is 4. The molecule has 70 heavy (non-hydrogen) atoms. The van der Waals surface area contributed by atoms with E-state index in [0.29, 0.717) is 62.1 Å². The molecule has 0 aliphatic carbocycles. The Balaban J connectivity index is 1.48. The predicted octanol–water partition coefficient (Wildman–Crippen LogP) is 11.2. The van der Waals surface area contributed by atoms with Gasteiger partial charge in [0, 0.05) is 95.7 Å². The summed E-state index contributed by atoms with van der Waals surface area (Å²) in [7, 11) is 0. The molecule has 0 bridgehead atoms. The van der Waals surface area contributed by atoms with Gasteiger partial charge in [-0.1, -0.05) is 55.4 Å². The van der Waals surface area contributed by atoms with Crippen molar-refractivity contribution in [1.82, 2.24) is 21.3 Å². The SMILES string of the molecule is CC(C)C1(C)CC(OC(=O)c2cc3cc(C(=O)OC4CC(C)(C)NC(C)(C(C)C)C4)c(C(=O)OC4CC(C)(C)NC(C)(C(C)C)C4)cc3cc2C(=O)OC2CC(C)(C)NC(C)(C(C)C)C2)CC(C)(C)N1. The molecular weight excluding hydrogens is 881 g/mol. The zero-order chi connectivity index (χ0) is 52.5. The van der Waals surface area contributed by atoms with E-state index < -0.39 is 48.3 Å². The Morgan fingerprint density at radius 1 is 0.357 bits per heavy atom. The van der Waals surface area contributed by atoms with Crippen LogP contribution in [-0.2, 0) is 18.9 Å². The van der Waals surface area contributed by atoms with Crippen molar-refractivity contribution >= 4 is 34.6 Å². The van der Waals surface area contributed by atoms with Crippen LogP contribution in [0.15, 0.2) is 24.3 Å². The van der Waals surface area contributed by atoms with Crippen molar-refractivity contribution in [2.45, 2.75) is 259 Å². The first-order chi connectivity index (χ1) is 31.9. The normalized spacial score (nSPS) is 32.7. The van der Waals surface area contributed by atoms with E-state index in [-0.39, 0.29) is 90.2 Å². The van der Waals surface area contributed by atoms with E-state index in [1.165, 1.54) is 0 Å². The Kier molecular flexibility index (Phi) is 15.4. The smallest absolute Gasteiger partial charge is 0.339 e. The number of hydrogen-bond acceptors (Lipinski definition) is 12. The van der Waals surface area contributed by atoms with Gasteiger partial charge in [0.05, 0.1) is 22.3 Å². The van der Waals surface area contributed by atoms with Crippen LogP contribution in [0.5, 0.6) is 0 Å². The third-order valence-electron chi connectivity index (χ3n) is 17.2. The van der Waals surface area contributed by atoms with E-state index in [0.717, 1.165) is 0 Å². The number of carbonyl (C=O) groups is 4. The fraction of sp³-hybridized carbons (Fsp3) is 0.759. The van der Waals surface area contributed by atoms with E-state index in [4.69, 9.17) is 18.9 Å². The number of nitrogens with one attached hydrogen (secondary N) is 4. The summed E-state index contributed by atoms with van der Waals surface area (Å²) >= 11 is 0. The van der Waals surface area contributed by atoms with Gasteiger partial charge in [-0.05, 0) is 142 Å². The van der Waals surface area contributed by atoms with E-state index >= 15 is 0 Å². The molecule has 4 N–H and O–H groups in total. The third kappa shape index (κ3) is 12.4. The molecule has 392 valence electrons. The summed E-state index contributed by atoms with van der Waals surface area (Å²) in [5.41, 5.74) is -2.41. The maximum absolute atomic E-state index is 14.8. The highest BCUT2D eigenvalue weighted by Gasteiger charge is 2.48. The summed E-state index contributed by atoms with van der Waals surface area (Å²) in [6, 6.07) is 6.47. The Bertz CT molecular complexity index is 2000. The fourth-order valence-corrected chi connectivity index (χ4v) is 12.7. The Labute approximate surface area is 421 Å². The van der Waals surface area contributed by atoms with Gasteiger partial charge in [0.25, 0.3) is 0 Å². The van der Waals surface area contributed by atoms with E-state index in [1.54, 1.807) is 24.3 Å². The molecule has 2 aromatic rings. The number of ether oxygens (including phenoxy) is 4. The highest BCUT2D eigenvalue weighted by atomic mass is 16.6. The topological polar surface area (TPSA) is 153 Å². The Hall–Kier alpha value is -3.58. The monoisotopic (exact) mass is 973 g/mol. The first kappa shape index (κ1) is 55.7. The lowest BCUT2D eigenvalue weighted by Gasteiger charge is -2.50. The molecule has 4 fully saturated rings. The molecule has 8 unspecified atom stereocenters. The lowest BCUT2D eigenvalue weighted by molar-refractivity contribution is -0.0221. The van der Waals surface area contributed by atoms with Crippen LogP contribution in [-0.4, -0.2) is 92.6 Å². The summed E-state index contributed by atoms with van der Waals surface area (Å²) in [6.45, 7) is 42.9. The van der Waals surface area contributed by atoms with Crippen molar-refractivity contribution in [3.63, 3.8) is 0 Å². The van der Waals surface area contributed by atoms with Crippen molar-refractivity contribution in [2.24, 2.45) is 23.7 Å². The molecule has 8 atom stereocenters. The molecule has 2 aromatic carbocycles. The van der Waals surface area contributed by atoms with Gasteiger partial charge >= 0.3 is 23.9 Å². The highest BCUT2D eigenvalue weighted by Crippen LogP contribution is 2.41. The number of fused-ring (bicyclic) bond motifs is 1. The first-order valence-electron chi connectivity index (χ1n) is 26.5. The quantitative estimate of drug-likeness (QED) is 0.118. The minimum absolute atomic E-state index is 0.0345. The van der Waals surface area contributed by atoms with Gasteiger partial charge in [-0.2, -0.15) is 0 Å². The Morgan fingerprint density at radius 3 is 0.686 bits per heavy atom. The molecule has 4 saturated heterocycles. The molecule has 0 amide bonds. The second-order valence-electron chi connectivity index (χ2n) is 27.2. The van der Waals surface area contributed by atoms with Crippen LogP contribution in [0.3, 0.4) is 0 Å². The lowest BCUT2D eigenvalue weighted by atomic mass is 9.74. The molecule has 4 heterocycles. The second-order valence-corrected chi connectivity index (χ2v) is 27.2. The van der Waals surface area contributed by atoms with Crippen LogP contribution >= 0.6 is 0 Å². The molecule has 0 saturated carbocycles. The van der Waals surface area contributed by atoms with E-state index in [2.05, 4.69) is 160 Å². The molecule has 4 aliphatic rings. The summed E-state index contributed by atoms with van der Waals surface area (Å²) in [5.74, 6) is -1.61. The zero-order valence-electron chi connectivity index (χ0n) is 46.9. The van der Waals surface area contributed by atoms with Crippen molar-refractivity contribution in [2.75, 3.05) is 0 Å². The summed E-state index contributed by atoms with van der Waals surface area (Å²) in [6.07, 6.45) is 2.84. The van der Waals surface area contributed by atoms with Crippen LogP contribution < -0.4 is 21.3 Å². The maximum atomic E-state index is 14.8. The molecule has 12 heteroatoms. The van der Waals surface area contributed by atoms with Crippen molar-refractivity contribution in [3.8, 4) is 0 Å². The molecule has 0 spiro atoms. The molecule has 6 rings (SSSR count). The average Bonchev–Trinajstić information content (AvgIpc) is 3.16.